The van der Waals surface area contributed by atoms with Crippen molar-refractivity contribution in [2.75, 3.05) is 63.9 Å². The largest absolute Gasteiger partial charge is 0.493 e. The van der Waals surface area contributed by atoms with Crippen molar-refractivity contribution in [3.05, 3.63) is 83.3 Å². The second-order valence-electron chi connectivity index (χ2n) is 15.5. The summed E-state index contributed by atoms with van der Waals surface area (Å²) in [6.45, 7) is 7.32. The van der Waals surface area contributed by atoms with Gasteiger partial charge in [-0.1, -0.05) is 25.0 Å². The average Bonchev–Trinajstić information content (AvgIpc) is 3.59. The fourth-order valence-electron chi connectivity index (χ4n) is 8.18. The monoisotopic (exact) mass is 791 g/mol. The summed E-state index contributed by atoms with van der Waals surface area (Å²) in [5.74, 6) is 0.951. The number of carbonyl (C=O) groups is 5. The number of anilines is 1. The van der Waals surface area contributed by atoms with E-state index in [1.165, 1.54) is 0 Å². The number of piperidine rings is 2. The van der Waals surface area contributed by atoms with Crippen LogP contribution in [-0.4, -0.2) is 124 Å². The fourth-order valence-corrected chi connectivity index (χ4v) is 8.18. The van der Waals surface area contributed by atoms with Crippen LogP contribution < -0.4 is 20.3 Å². The van der Waals surface area contributed by atoms with E-state index in [2.05, 4.69) is 35.6 Å². The van der Waals surface area contributed by atoms with E-state index in [1.807, 2.05) is 29.2 Å². The lowest BCUT2D eigenvalue weighted by atomic mass is 9.91. The molecule has 6 heterocycles. The molecule has 1 unspecified atom stereocenters. The Kier molecular flexibility index (Phi) is 13.7. The van der Waals surface area contributed by atoms with Crippen molar-refractivity contribution in [3.63, 3.8) is 0 Å². The van der Waals surface area contributed by atoms with Crippen molar-refractivity contribution in [1.82, 2.24) is 40.5 Å². The Bertz CT molecular complexity index is 1940. The minimum Gasteiger partial charge on any atom is -0.493 e. The van der Waals surface area contributed by atoms with Gasteiger partial charge in [-0.05, 0) is 93.0 Å². The third-order valence-electron chi connectivity index (χ3n) is 11.6. The first-order valence-electron chi connectivity index (χ1n) is 20.7. The summed E-state index contributed by atoms with van der Waals surface area (Å²) in [5.41, 5.74) is 2.63. The highest BCUT2D eigenvalue weighted by Crippen LogP contribution is 2.34. The van der Waals surface area contributed by atoms with Gasteiger partial charge in [0.1, 0.15) is 11.8 Å². The number of amides is 5. The van der Waals surface area contributed by atoms with Gasteiger partial charge in [-0.15, -0.1) is 10.2 Å². The molecule has 2 aromatic heterocycles. The summed E-state index contributed by atoms with van der Waals surface area (Å²) in [5, 5.41) is 14.1. The van der Waals surface area contributed by atoms with Gasteiger partial charge in [0.2, 0.25) is 17.7 Å². The summed E-state index contributed by atoms with van der Waals surface area (Å²) < 4.78 is 6.14. The summed E-state index contributed by atoms with van der Waals surface area (Å²) in [7, 11) is 0. The first kappa shape index (κ1) is 40.5. The molecule has 3 fully saturated rings. The van der Waals surface area contributed by atoms with Crippen LogP contribution in [0.3, 0.4) is 0 Å². The van der Waals surface area contributed by atoms with E-state index in [1.54, 1.807) is 47.6 Å². The first-order chi connectivity index (χ1) is 28.3. The van der Waals surface area contributed by atoms with E-state index in [-0.39, 0.29) is 30.0 Å². The molecular formula is C43H53N9O6. The van der Waals surface area contributed by atoms with Crippen molar-refractivity contribution in [2.24, 2.45) is 5.92 Å². The van der Waals surface area contributed by atoms with Crippen molar-refractivity contribution >= 4 is 41.4 Å². The lowest BCUT2D eigenvalue weighted by molar-refractivity contribution is -0.137. The highest BCUT2D eigenvalue weighted by atomic mass is 16.5. The Labute approximate surface area is 339 Å². The van der Waals surface area contributed by atoms with Gasteiger partial charge in [-0.3, -0.25) is 39.2 Å². The van der Waals surface area contributed by atoms with Crippen LogP contribution >= 0.6 is 0 Å². The molecule has 3 saturated heterocycles. The van der Waals surface area contributed by atoms with E-state index < -0.39 is 11.9 Å². The quantitative estimate of drug-likeness (QED) is 0.124. The molecule has 0 aliphatic carbocycles. The Hall–Kier alpha value is -5.70. The molecule has 4 aliphatic rings. The molecule has 0 spiro atoms. The predicted octanol–water partition coefficient (Wildman–Crippen LogP) is 3.47. The number of nitrogens with one attached hydrogen (secondary N) is 2. The predicted molar refractivity (Wildman–Crippen MR) is 217 cm³/mol. The molecule has 1 aromatic carbocycles. The zero-order valence-electron chi connectivity index (χ0n) is 33.0. The first-order valence-corrected chi connectivity index (χ1v) is 20.7. The SMILES string of the molecule is O=C(/C=C/c1cccnc1)NCCCCC1CCN(C(=O)c2ccc(N3CCN(CCCCOc4cccc5c4CN(C4CCC(=O)NC4=O)C5=O)CC3)nn2)CC1. The van der Waals surface area contributed by atoms with Crippen molar-refractivity contribution in [3.8, 4) is 5.75 Å². The van der Waals surface area contributed by atoms with Gasteiger partial charge in [-0.25, -0.2) is 0 Å². The van der Waals surface area contributed by atoms with E-state index >= 15 is 0 Å². The molecule has 3 aromatic rings. The second-order valence-corrected chi connectivity index (χ2v) is 15.5. The Balaban J connectivity index is 0.749. The van der Waals surface area contributed by atoms with Crippen molar-refractivity contribution in [2.45, 2.75) is 70.4 Å². The van der Waals surface area contributed by atoms with Gasteiger partial charge in [-0.2, -0.15) is 0 Å². The molecule has 15 nitrogen and oxygen atoms in total. The molecule has 4 aliphatic heterocycles. The van der Waals surface area contributed by atoms with Gasteiger partial charge in [0.05, 0.1) is 13.2 Å². The topological polar surface area (TPSA) is 170 Å². The van der Waals surface area contributed by atoms with Gasteiger partial charge < -0.3 is 24.8 Å². The molecule has 58 heavy (non-hydrogen) atoms. The number of imide groups is 1. The van der Waals surface area contributed by atoms with Crippen LogP contribution in [0.5, 0.6) is 5.75 Å². The third kappa shape index (κ3) is 10.4. The number of rotatable bonds is 16. The van der Waals surface area contributed by atoms with E-state index in [0.29, 0.717) is 49.0 Å². The number of carbonyl (C=O) groups excluding carboxylic acids is 5. The molecule has 15 heteroatoms. The maximum absolute atomic E-state index is 13.2. The molecular weight excluding hydrogens is 739 g/mol. The lowest BCUT2D eigenvalue weighted by Gasteiger charge is -2.35. The highest BCUT2D eigenvalue weighted by Gasteiger charge is 2.40. The van der Waals surface area contributed by atoms with Gasteiger partial charge in [0.25, 0.3) is 11.8 Å². The minimum absolute atomic E-state index is 0.0623. The van der Waals surface area contributed by atoms with Crippen LogP contribution in [0.2, 0.25) is 0 Å². The lowest BCUT2D eigenvalue weighted by Crippen LogP contribution is -2.52. The number of hydrogen-bond acceptors (Lipinski definition) is 11. The normalized spacial score (nSPS) is 19.1. The van der Waals surface area contributed by atoms with Gasteiger partial charge in [0.15, 0.2) is 11.5 Å². The summed E-state index contributed by atoms with van der Waals surface area (Å²) in [6.07, 6.45) is 14.1. The standard InChI is InChI=1S/C43H53N9O6/c53-39(15-11-32-8-6-19-44-29-32)45-20-2-1-7-31-17-22-51(23-18-31)43(57)35-12-14-38(48-47-35)50-26-24-49(25-27-50)21-3-4-28-58-37-10-5-9-33-34(37)30-52(42(33)56)36-13-16-40(54)46-41(36)55/h5-6,8-12,14-15,19,29,31,36H,1-4,7,13,16-18,20-28,30H2,(H,45,53)(H,46,54,55)/b15-11+. The van der Waals surface area contributed by atoms with E-state index in [4.69, 9.17) is 4.74 Å². The van der Waals surface area contributed by atoms with E-state index in [0.717, 1.165) is 108 Å². The number of fused-ring (bicyclic) bond motifs is 1. The van der Waals surface area contributed by atoms with Crippen LogP contribution in [0, 0.1) is 5.92 Å². The summed E-state index contributed by atoms with van der Waals surface area (Å²) in [4.78, 5) is 74.5. The second kappa shape index (κ2) is 19.6. The van der Waals surface area contributed by atoms with Crippen LogP contribution in [0.15, 0.2) is 60.9 Å². The number of piperazine rings is 1. The molecule has 7 rings (SSSR count). The van der Waals surface area contributed by atoms with Crippen LogP contribution in [0.4, 0.5) is 5.82 Å². The molecule has 306 valence electrons. The van der Waals surface area contributed by atoms with Crippen LogP contribution in [-0.2, 0) is 20.9 Å². The number of benzene rings is 1. The van der Waals surface area contributed by atoms with E-state index in [9.17, 15) is 24.0 Å². The smallest absolute Gasteiger partial charge is 0.274 e. The third-order valence-corrected chi connectivity index (χ3v) is 11.6. The van der Waals surface area contributed by atoms with Crippen molar-refractivity contribution in [1.29, 1.82) is 0 Å². The molecule has 5 amide bonds. The number of pyridine rings is 1. The number of aromatic nitrogens is 3. The zero-order chi connectivity index (χ0) is 40.3. The maximum Gasteiger partial charge on any atom is 0.274 e. The molecule has 0 radical (unpaired) electrons. The van der Waals surface area contributed by atoms with Crippen LogP contribution in [0.25, 0.3) is 6.08 Å². The zero-order valence-corrected chi connectivity index (χ0v) is 33.0. The van der Waals surface area contributed by atoms with Crippen molar-refractivity contribution < 1.29 is 28.7 Å². The molecule has 1 atom stereocenters. The molecule has 2 N–H and O–H groups in total. The maximum atomic E-state index is 13.2. The summed E-state index contributed by atoms with van der Waals surface area (Å²) in [6, 6.07) is 12.2. The number of hydrogen-bond donors (Lipinski definition) is 2. The van der Waals surface area contributed by atoms with Crippen LogP contribution in [0.1, 0.15) is 89.8 Å². The number of likely N-dealkylation sites (tertiary alicyclic amines) is 1. The molecule has 0 bridgehead atoms. The highest BCUT2D eigenvalue weighted by molar-refractivity contribution is 6.05. The number of unbranched alkanes of at least 4 members (excludes halogenated alkanes) is 2. The Morgan fingerprint density at radius 1 is 0.897 bits per heavy atom. The molecule has 0 saturated carbocycles. The summed E-state index contributed by atoms with van der Waals surface area (Å²) >= 11 is 0. The number of nitrogens with zero attached hydrogens (tertiary/aromatic N) is 7. The Morgan fingerprint density at radius 3 is 2.50 bits per heavy atom. The minimum atomic E-state index is -0.648. The number of ether oxygens (including phenoxy) is 1. The van der Waals surface area contributed by atoms with Gasteiger partial charge >= 0.3 is 0 Å². The van der Waals surface area contributed by atoms with Gasteiger partial charge in [0, 0.05) is 81.8 Å². The fraction of sp³-hybridized carbons (Fsp3) is 0.488. The average molecular weight is 792 g/mol. The Morgan fingerprint density at radius 2 is 1.74 bits per heavy atom.